The first-order chi connectivity index (χ1) is 15.5. The minimum atomic E-state index is -3.74. The molecule has 0 aliphatic heterocycles. The Morgan fingerprint density at radius 1 is 0.970 bits per heavy atom. The molecule has 2 amide bonds. The summed E-state index contributed by atoms with van der Waals surface area (Å²) in [6.07, 6.45) is 1.50. The van der Waals surface area contributed by atoms with Gasteiger partial charge in [-0.15, -0.1) is 0 Å². The summed E-state index contributed by atoms with van der Waals surface area (Å²) in [4.78, 5) is 27.9. The molecular formula is C25H35N3O4S. The monoisotopic (exact) mass is 473 g/mol. The first-order valence-electron chi connectivity index (χ1n) is 11.1. The highest BCUT2D eigenvalue weighted by atomic mass is 32.2. The lowest BCUT2D eigenvalue weighted by atomic mass is 10.1. The van der Waals surface area contributed by atoms with Crippen molar-refractivity contribution in [3.05, 3.63) is 64.7 Å². The maximum absolute atomic E-state index is 13.6. The second kappa shape index (κ2) is 11.3. The maximum atomic E-state index is 13.6. The number of aryl methyl sites for hydroxylation is 3. The number of nitrogens with zero attached hydrogens (tertiary/aromatic N) is 2. The molecule has 0 aliphatic carbocycles. The number of benzene rings is 2. The van der Waals surface area contributed by atoms with Crippen LogP contribution in [0, 0.1) is 20.8 Å². The fraction of sp³-hybridized carbons (Fsp3) is 0.440. The molecule has 1 N–H and O–H groups in total. The van der Waals surface area contributed by atoms with Gasteiger partial charge in [0.05, 0.1) is 11.9 Å². The van der Waals surface area contributed by atoms with Gasteiger partial charge in [-0.1, -0.05) is 42.8 Å². The standard InChI is InChI=1S/C25H35N3O4S/c1-7-23(25(30)26-8-2)27(16-21-11-9-10-18(3)13-21)24(29)17-28(33(6,31)32)22-14-19(4)12-20(5)15-22/h9-15,23H,7-8,16-17H2,1-6H3,(H,26,30). The molecule has 2 rings (SSSR count). The molecule has 7 nitrogen and oxygen atoms in total. The number of hydrogen-bond acceptors (Lipinski definition) is 4. The topological polar surface area (TPSA) is 86.8 Å². The Balaban J connectivity index is 2.46. The van der Waals surface area contributed by atoms with Crippen molar-refractivity contribution in [3.8, 4) is 0 Å². The van der Waals surface area contributed by atoms with E-state index in [9.17, 15) is 18.0 Å². The van der Waals surface area contributed by atoms with E-state index in [0.717, 1.165) is 32.8 Å². The minimum absolute atomic E-state index is 0.209. The van der Waals surface area contributed by atoms with E-state index in [1.165, 1.54) is 4.90 Å². The number of nitrogens with one attached hydrogen (secondary N) is 1. The quantitative estimate of drug-likeness (QED) is 0.574. The Morgan fingerprint density at radius 2 is 1.61 bits per heavy atom. The van der Waals surface area contributed by atoms with E-state index in [1.807, 2.05) is 65.0 Å². The van der Waals surface area contributed by atoms with Crippen LogP contribution in [-0.4, -0.2) is 50.5 Å². The SMILES string of the molecule is CCNC(=O)C(CC)N(Cc1cccc(C)c1)C(=O)CN(c1cc(C)cc(C)c1)S(C)(=O)=O. The van der Waals surface area contributed by atoms with Gasteiger partial charge >= 0.3 is 0 Å². The molecule has 1 unspecified atom stereocenters. The van der Waals surface area contributed by atoms with Gasteiger partial charge in [0.25, 0.3) is 0 Å². The summed E-state index contributed by atoms with van der Waals surface area (Å²) in [7, 11) is -3.74. The summed E-state index contributed by atoms with van der Waals surface area (Å²) in [6.45, 7) is 9.65. The maximum Gasteiger partial charge on any atom is 0.244 e. The minimum Gasteiger partial charge on any atom is -0.355 e. The van der Waals surface area contributed by atoms with Gasteiger partial charge in [-0.25, -0.2) is 8.42 Å². The second-order valence-electron chi connectivity index (χ2n) is 8.44. The van der Waals surface area contributed by atoms with Crippen LogP contribution in [0.1, 0.15) is 42.5 Å². The van der Waals surface area contributed by atoms with Crippen molar-refractivity contribution in [1.29, 1.82) is 0 Å². The average Bonchev–Trinajstić information content (AvgIpc) is 2.70. The molecule has 0 bridgehead atoms. The fourth-order valence-corrected chi connectivity index (χ4v) is 4.76. The summed E-state index contributed by atoms with van der Waals surface area (Å²) in [6, 6.07) is 12.4. The third kappa shape index (κ3) is 7.32. The molecule has 0 heterocycles. The van der Waals surface area contributed by atoms with E-state index in [-0.39, 0.29) is 19.0 Å². The lowest BCUT2D eigenvalue weighted by Gasteiger charge is -2.33. The van der Waals surface area contributed by atoms with E-state index < -0.39 is 22.0 Å². The zero-order valence-corrected chi connectivity index (χ0v) is 21.2. The smallest absolute Gasteiger partial charge is 0.244 e. The summed E-state index contributed by atoms with van der Waals surface area (Å²) in [5, 5.41) is 2.79. The van der Waals surface area contributed by atoms with E-state index in [0.29, 0.717) is 18.7 Å². The van der Waals surface area contributed by atoms with Crippen LogP contribution in [0.4, 0.5) is 5.69 Å². The molecule has 0 aliphatic rings. The van der Waals surface area contributed by atoms with Crippen molar-refractivity contribution in [2.75, 3.05) is 23.7 Å². The van der Waals surface area contributed by atoms with Crippen molar-refractivity contribution in [1.82, 2.24) is 10.2 Å². The molecule has 0 radical (unpaired) electrons. The molecule has 1 atom stereocenters. The van der Waals surface area contributed by atoms with Crippen LogP contribution in [0.2, 0.25) is 0 Å². The van der Waals surface area contributed by atoms with Crippen molar-refractivity contribution >= 4 is 27.5 Å². The number of likely N-dealkylation sites (N-methyl/N-ethyl adjacent to an activating group) is 1. The molecule has 2 aromatic carbocycles. The molecule has 2 aromatic rings. The van der Waals surface area contributed by atoms with E-state index in [4.69, 9.17) is 0 Å². The van der Waals surface area contributed by atoms with Crippen molar-refractivity contribution in [3.63, 3.8) is 0 Å². The summed E-state index contributed by atoms with van der Waals surface area (Å²) < 4.78 is 26.4. The number of carbonyl (C=O) groups is 2. The second-order valence-corrected chi connectivity index (χ2v) is 10.4. The number of amides is 2. The van der Waals surface area contributed by atoms with Crippen LogP contribution in [-0.2, 0) is 26.2 Å². The summed E-state index contributed by atoms with van der Waals surface area (Å²) in [5.41, 5.74) is 4.15. The van der Waals surface area contributed by atoms with E-state index in [1.54, 1.807) is 12.1 Å². The number of hydrogen-bond donors (Lipinski definition) is 1. The predicted octanol–water partition coefficient (Wildman–Crippen LogP) is 3.32. The van der Waals surface area contributed by atoms with Gasteiger partial charge in [0, 0.05) is 13.1 Å². The highest BCUT2D eigenvalue weighted by Gasteiger charge is 2.31. The first kappa shape index (κ1) is 26.4. The zero-order chi connectivity index (χ0) is 24.8. The van der Waals surface area contributed by atoms with Gasteiger partial charge < -0.3 is 10.2 Å². The van der Waals surface area contributed by atoms with Crippen LogP contribution >= 0.6 is 0 Å². The molecule has 180 valence electrons. The summed E-state index contributed by atoms with van der Waals surface area (Å²) >= 11 is 0. The Hall–Kier alpha value is -2.87. The lowest BCUT2D eigenvalue weighted by molar-refractivity contribution is -0.140. The molecule has 0 spiro atoms. The van der Waals surface area contributed by atoms with Gasteiger partial charge in [-0.3, -0.25) is 13.9 Å². The highest BCUT2D eigenvalue weighted by Crippen LogP contribution is 2.22. The van der Waals surface area contributed by atoms with Crippen molar-refractivity contribution < 1.29 is 18.0 Å². The van der Waals surface area contributed by atoms with Gasteiger partial charge in [0.15, 0.2) is 0 Å². The normalized spacial score (nSPS) is 12.2. The molecule has 0 aromatic heterocycles. The van der Waals surface area contributed by atoms with Gasteiger partial charge in [-0.2, -0.15) is 0 Å². The van der Waals surface area contributed by atoms with E-state index >= 15 is 0 Å². The van der Waals surface area contributed by atoms with Crippen molar-refractivity contribution in [2.45, 2.75) is 53.6 Å². The fourth-order valence-electron chi connectivity index (χ4n) is 3.93. The van der Waals surface area contributed by atoms with Crippen LogP contribution < -0.4 is 9.62 Å². The van der Waals surface area contributed by atoms with Crippen LogP contribution in [0.25, 0.3) is 0 Å². The molecule has 8 heteroatoms. The largest absolute Gasteiger partial charge is 0.355 e. The number of anilines is 1. The van der Waals surface area contributed by atoms with Gasteiger partial charge in [0.1, 0.15) is 12.6 Å². The average molecular weight is 474 g/mol. The number of rotatable bonds is 10. The van der Waals surface area contributed by atoms with E-state index in [2.05, 4.69) is 5.32 Å². The lowest BCUT2D eigenvalue weighted by Crippen LogP contribution is -2.52. The molecule has 33 heavy (non-hydrogen) atoms. The Morgan fingerprint density at radius 3 is 2.12 bits per heavy atom. The molecule has 0 saturated carbocycles. The third-order valence-electron chi connectivity index (χ3n) is 5.35. The van der Waals surface area contributed by atoms with Crippen LogP contribution in [0.3, 0.4) is 0 Å². The number of carbonyl (C=O) groups excluding carboxylic acids is 2. The van der Waals surface area contributed by atoms with Crippen LogP contribution in [0.15, 0.2) is 42.5 Å². The zero-order valence-electron chi connectivity index (χ0n) is 20.4. The number of sulfonamides is 1. The van der Waals surface area contributed by atoms with Gasteiger partial charge in [-0.05, 0) is 62.9 Å². The van der Waals surface area contributed by atoms with Crippen LogP contribution in [0.5, 0.6) is 0 Å². The highest BCUT2D eigenvalue weighted by molar-refractivity contribution is 7.92. The Labute approximate surface area is 197 Å². The predicted molar refractivity (Wildman–Crippen MR) is 133 cm³/mol. The Kier molecular flexibility index (Phi) is 9.05. The van der Waals surface area contributed by atoms with Crippen molar-refractivity contribution in [2.24, 2.45) is 0 Å². The third-order valence-corrected chi connectivity index (χ3v) is 6.49. The summed E-state index contributed by atoms with van der Waals surface area (Å²) in [5.74, 6) is -0.683. The van der Waals surface area contributed by atoms with Gasteiger partial charge in [0.2, 0.25) is 21.8 Å². The molecule has 0 saturated heterocycles. The first-order valence-corrected chi connectivity index (χ1v) is 13.0. The Bertz CT molecular complexity index is 1080. The molecule has 0 fully saturated rings. The molecular weight excluding hydrogens is 438 g/mol.